The number of rotatable bonds is 6. The lowest BCUT2D eigenvalue weighted by Crippen LogP contribution is -2.47. The zero-order chi connectivity index (χ0) is 14.4. The van der Waals surface area contributed by atoms with E-state index in [0.717, 1.165) is 39.3 Å². The SMILES string of the molecule is COCCN1CCN(c2nc(OC)nc(OC)n2)CC1. The van der Waals surface area contributed by atoms with Crippen LogP contribution < -0.4 is 14.4 Å². The van der Waals surface area contributed by atoms with E-state index in [1.54, 1.807) is 7.11 Å². The fraction of sp³-hybridized carbons (Fsp3) is 0.750. The van der Waals surface area contributed by atoms with Crippen molar-refractivity contribution in [1.82, 2.24) is 19.9 Å². The molecule has 112 valence electrons. The third kappa shape index (κ3) is 3.67. The largest absolute Gasteiger partial charge is 0.467 e. The predicted octanol–water partition coefficient (Wildman–Crippen LogP) is -0.343. The summed E-state index contributed by atoms with van der Waals surface area (Å²) >= 11 is 0. The number of methoxy groups -OCH3 is 3. The number of nitrogens with zero attached hydrogens (tertiary/aromatic N) is 5. The van der Waals surface area contributed by atoms with Gasteiger partial charge in [0.05, 0.1) is 20.8 Å². The molecule has 0 aromatic carbocycles. The second-order valence-corrected chi connectivity index (χ2v) is 4.43. The lowest BCUT2D eigenvalue weighted by Gasteiger charge is -2.34. The van der Waals surface area contributed by atoms with Gasteiger partial charge in [-0.3, -0.25) is 4.90 Å². The number of piperazine rings is 1. The van der Waals surface area contributed by atoms with Gasteiger partial charge in [-0.15, -0.1) is 4.98 Å². The van der Waals surface area contributed by atoms with Crippen molar-refractivity contribution in [2.24, 2.45) is 0 Å². The Bertz CT molecular complexity index is 401. The molecule has 0 bridgehead atoms. The molecule has 2 heterocycles. The Morgan fingerprint density at radius 2 is 1.50 bits per heavy atom. The maximum absolute atomic E-state index is 5.10. The van der Waals surface area contributed by atoms with Crippen molar-refractivity contribution in [1.29, 1.82) is 0 Å². The van der Waals surface area contributed by atoms with Gasteiger partial charge < -0.3 is 19.1 Å². The number of hydrogen-bond donors (Lipinski definition) is 0. The molecule has 0 unspecified atom stereocenters. The smallest absolute Gasteiger partial charge is 0.324 e. The molecule has 1 aliphatic rings. The molecule has 0 radical (unpaired) electrons. The van der Waals surface area contributed by atoms with Crippen LogP contribution in [0, 0.1) is 0 Å². The first kappa shape index (κ1) is 14.7. The fourth-order valence-corrected chi connectivity index (χ4v) is 2.04. The Morgan fingerprint density at radius 1 is 0.900 bits per heavy atom. The first-order valence-corrected chi connectivity index (χ1v) is 6.57. The molecule has 8 nitrogen and oxygen atoms in total. The molecule has 20 heavy (non-hydrogen) atoms. The van der Waals surface area contributed by atoms with Crippen LogP contribution in [0.1, 0.15) is 0 Å². The molecule has 0 N–H and O–H groups in total. The molecular weight excluding hydrogens is 262 g/mol. The molecule has 1 aromatic rings. The van der Waals surface area contributed by atoms with Gasteiger partial charge in [0.25, 0.3) is 0 Å². The monoisotopic (exact) mass is 283 g/mol. The van der Waals surface area contributed by atoms with Crippen LogP contribution in [0.15, 0.2) is 0 Å². The first-order chi connectivity index (χ1) is 9.76. The Labute approximate surface area is 118 Å². The number of anilines is 1. The summed E-state index contributed by atoms with van der Waals surface area (Å²) in [6.45, 7) is 5.35. The maximum Gasteiger partial charge on any atom is 0.324 e. The Kier molecular flexibility index (Phi) is 5.31. The maximum atomic E-state index is 5.10. The van der Waals surface area contributed by atoms with Crippen molar-refractivity contribution in [3.63, 3.8) is 0 Å². The van der Waals surface area contributed by atoms with E-state index in [1.165, 1.54) is 14.2 Å². The molecule has 0 aliphatic carbocycles. The third-order valence-electron chi connectivity index (χ3n) is 3.21. The van der Waals surface area contributed by atoms with E-state index in [1.807, 2.05) is 0 Å². The zero-order valence-electron chi connectivity index (χ0n) is 12.2. The van der Waals surface area contributed by atoms with Crippen LogP contribution >= 0.6 is 0 Å². The Balaban J connectivity index is 1.99. The molecular formula is C12H21N5O3. The van der Waals surface area contributed by atoms with Crippen molar-refractivity contribution in [2.45, 2.75) is 0 Å². The molecule has 1 aromatic heterocycles. The summed E-state index contributed by atoms with van der Waals surface area (Å²) in [6, 6.07) is 0.544. The standard InChI is InChI=1S/C12H21N5O3/c1-18-9-8-16-4-6-17(7-5-16)10-13-11(19-2)15-12(14-10)20-3/h4-9H2,1-3H3. The van der Waals surface area contributed by atoms with Gasteiger partial charge in [-0.25, -0.2) is 0 Å². The van der Waals surface area contributed by atoms with Crippen LogP contribution in [-0.4, -0.2) is 80.5 Å². The third-order valence-corrected chi connectivity index (χ3v) is 3.21. The van der Waals surface area contributed by atoms with Gasteiger partial charge in [0.2, 0.25) is 5.95 Å². The summed E-state index contributed by atoms with van der Waals surface area (Å²) in [5.74, 6) is 0.597. The van der Waals surface area contributed by atoms with Crippen LogP contribution in [0.25, 0.3) is 0 Å². The number of aromatic nitrogens is 3. The second kappa shape index (κ2) is 7.20. The molecule has 8 heteroatoms. The minimum atomic E-state index is 0.272. The van der Waals surface area contributed by atoms with E-state index in [-0.39, 0.29) is 12.0 Å². The highest BCUT2D eigenvalue weighted by Gasteiger charge is 2.20. The van der Waals surface area contributed by atoms with E-state index in [0.29, 0.717) is 5.95 Å². The summed E-state index contributed by atoms with van der Waals surface area (Å²) in [4.78, 5) is 17.0. The molecule has 0 amide bonds. The number of hydrogen-bond acceptors (Lipinski definition) is 8. The summed E-state index contributed by atoms with van der Waals surface area (Å²) in [7, 11) is 4.78. The fourth-order valence-electron chi connectivity index (χ4n) is 2.04. The summed E-state index contributed by atoms with van der Waals surface area (Å²) in [5.41, 5.74) is 0. The highest BCUT2D eigenvalue weighted by atomic mass is 16.5. The molecule has 1 fully saturated rings. The topological polar surface area (TPSA) is 72.8 Å². The molecule has 0 saturated carbocycles. The quantitative estimate of drug-likeness (QED) is 0.702. The van der Waals surface area contributed by atoms with Gasteiger partial charge in [0, 0.05) is 39.8 Å². The van der Waals surface area contributed by atoms with Crippen LogP contribution in [0.4, 0.5) is 5.95 Å². The van der Waals surface area contributed by atoms with Crippen LogP contribution in [0.5, 0.6) is 12.0 Å². The normalized spacial score (nSPS) is 16.2. The van der Waals surface area contributed by atoms with E-state index in [9.17, 15) is 0 Å². The van der Waals surface area contributed by atoms with Crippen LogP contribution in [-0.2, 0) is 4.74 Å². The molecule has 1 saturated heterocycles. The van der Waals surface area contributed by atoms with Gasteiger partial charge >= 0.3 is 12.0 Å². The first-order valence-electron chi connectivity index (χ1n) is 6.57. The minimum absolute atomic E-state index is 0.272. The highest BCUT2D eigenvalue weighted by Crippen LogP contribution is 2.17. The van der Waals surface area contributed by atoms with Crippen molar-refractivity contribution >= 4 is 5.95 Å². The van der Waals surface area contributed by atoms with Gasteiger partial charge in [-0.1, -0.05) is 0 Å². The molecule has 0 atom stereocenters. The summed E-state index contributed by atoms with van der Waals surface area (Å²) in [5, 5.41) is 0. The lowest BCUT2D eigenvalue weighted by molar-refractivity contribution is 0.143. The highest BCUT2D eigenvalue weighted by molar-refractivity contribution is 5.33. The average Bonchev–Trinajstić information content (AvgIpc) is 2.52. The number of ether oxygens (including phenoxy) is 3. The predicted molar refractivity (Wildman–Crippen MR) is 73.5 cm³/mol. The second-order valence-electron chi connectivity index (χ2n) is 4.43. The van der Waals surface area contributed by atoms with Crippen molar-refractivity contribution in [3.8, 4) is 12.0 Å². The van der Waals surface area contributed by atoms with Gasteiger partial charge in [0.1, 0.15) is 0 Å². The zero-order valence-corrected chi connectivity index (χ0v) is 12.2. The van der Waals surface area contributed by atoms with Gasteiger partial charge in [0.15, 0.2) is 0 Å². The van der Waals surface area contributed by atoms with E-state index in [2.05, 4.69) is 24.8 Å². The van der Waals surface area contributed by atoms with Crippen molar-refractivity contribution < 1.29 is 14.2 Å². The molecule has 0 spiro atoms. The van der Waals surface area contributed by atoms with Crippen molar-refractivity contribution in [3.05, 3.63) is 0 Å². The van der Waals surface area contributed by atoms with E-state index < -0.39 is 0 Å². The van der Waals surface area contributed by atoms with E-state index >= 15 is 0 Å². The van der Waals surface area contributed by atoms with Gasteiger partial charge in [-0.2, -0.15) is 9.97 Å². The molecule has 2 rings (SSSR count). The summed E-state index contributed by atoms with van der Waals surface area (Å²) in [6.07, 6.45) is 0. The minimum Gasteiger partial charge on any atom is -0.467 e. The Morgan fingerprint density at radius 3 is 2.00 bits per heavy atom. The van der Waals surface area contributed by atoms with Crippen LogP contribution in [0.2, 0.25) is 0 Å². The van der Waals surface area contributed by atoms with E-state index in [4.69, 9.17) is 14.2 Å². The van der Waals surface area contributed by atoms with Crippen molar-refractivity contribution in [2.75, 3.05) is 65.6 Å². The average molecular weight is 283 g/mol. The molecule has 1 aliphatic heterocycles. The van der Waals surface area contributed by atoms with Crippen LogP contribution in [0.3, 0.4) is 0 Å². The summed E-state index contributed by atoms with van der Waals surface area (Å²) < 4.78 is 15.2. The lowest BCUT2D eigenvalue weighted by atomic mass is 10.3. The Hall–Kier alpha value is -1.67. The van der Waals surface area contributed by atoms with Gasteiger partial charge in [-0.05, 0) is 0 Å².